The van der Waals surface area contributed by atoms with E-state index in [1.807, 2.05) is 0 Å². The van der Waals surface area contributed by atoms with Gasteiger partial charge in [0.15, 0.2) is 11.6 Å². The second-order valence-electron chi connectivity index (χ2n) is 3.92. The fourth-order valence-electron chi connectivity index (χ4n) is 1.49. The van der Waals surface area contributed by atoms with E-state index in [1.165, 1.54) is 24.3 Å². The van der Waals surface area contributed by atoms with Crippen LogP contribution in [0.15, 0.2) is 47.4 Å². The largest absolute Gasteiger partial charge is 0.298 e. The second kappa shape index (κ2) is 5.38. The van der Waals surface area contributed by atoms with Gasteiger partial charge in [0.2, 0.25) is 0 Å². The second-order valence-corrected chi connectivity index (χ2v) is 5.60. The van der Waals surface area contributed by atoms with Gasteiger partial charge in [-0.2, -0.15) is 0 Å². The van der Waals surface area contributed by atoms with Crippen molar-refractivity contribution in [3.8, 4) is 0 Å². The maximum absolute atomic E-state index is 13.0. The highest BCUT2D eigenvalue weighted by molar-refractivity contribution is 7.92. The zero-order valence-corrected chi connectivity index (χ0v) is 10.8. The van der Waals surface area contributed by atoms with Gasteiger partial charge < -0.3 is 0 Å². The Labute approximate surface area is 114 Å². The van der Waals surface area contributed by atoms with Crippen molar-refractivity contribution in [2.24, 2.45) is 0 Å². The third-order valence-electron chi connectivity index (χ3n) is 2.50. The maximum atomic E-state index is 13.0. The first-order valence-corrected chi connectivity index (χ1v) is 6.94. The van der Waals surface area contributed by atoms with Crippen molar-refractivity contribution in [3.63, 3.8) is 0 Å². The molecule has 0 atom stereocenters. The highest BCUT2D eigenvalue weighted by Gasteiger charge is 2.16. The third kappa shape index (κ3) is 3.00. The number of benzene rings is 2. The summed E-state index contributed by atoms with van der Waals surface area (Å²) in [5.74, 6) is -2.37. The predicted molar refractivity (Wildman–Crippen MR) is 69.0 cm³/mol. The van der Waals surface area contributed by atoms with E-state index in [9.17, 15) is 22.0 Å². The van der Waals surface area contributed by atoms with Gasteiger partial charge in [-0.1, -0.05) is 0 Å². The van der Waals surface area contributed by atoms with Crippen LogP contribution in [0, 0.1) is 11.6 Å². The number of nitrogens with one attached hydrogen (secondary N) is 1. The lowest BCUT2D eigenvalue weighted by molar-refractivity contribution is 0.112. The van der Waals surface area contributed by atoms with E-state index in [2.05, 4.69) is 4.72 Å². The Balaban J connectivity index is 2.30. The molecular formula is C13H9F2NO3S. The molecule has 104 valence electrons. The molecule has 0 fully saturated rings. The fraction of sp³-hybridized carbons (Fsp3) is 0. The van der Waals surface area contributed by atoms with Crippen LogP contribution in [0.1, 0.15) is 10.4 Å². The van der Waals surface area contributed by atoms with E-state index in [0.717, 1.165) is 12.1 Å². The lowest BCUT2D eigenvalue weighted by Crippen LogP contribution is -2.13. The molecular weight excluding hydrogens is 288 g/mol. The molecule has 1 N–H and O–H groups in total. The fourth-order valence-corrected chi connectivity index (χ4v) is 2.56. The van der Waals surface area contributed by atoms with Gasteiger partial charge >= 0.3 is 0 Å². The molecule has 2 rings (SSSR count). The van der Waals surface area contributed by atoms with Crippen molar-refractivity contribution in [2.45, 2.75) is 4.90 Å². The first-order valence-electron chi connectivity index (χ1n) is 5.45. The van der Waals surface area contributed by atoms with Gasteiger partial charge in [-0.15, -0.1) is 0 Å². The normalized spacial score (nSPS) is 11.1. The molecule has 2 aromatic rings. The van der Waals surface area contributed by atoms with Crippen molar-refractivity contribution >= 4 is 22.0 Å². The Hall–Kier alpha value is -2.28. The molecule has 0 radical (unpaired) electrons. The number of rotatable bonds is 4. The third-order valence-corrected chi connectivity index (χ3v) is 3.88. The minimum absolute atomic E-state index is 0.209. The summed E-state index contributed by atoms with van der Waals surface area (Å²) < 4.78 is 51.9. The number of anilines is 1. The summed E-state index contributed by atoms with van der Waals surface area (Å²) in [6.45, 7) is 0. The summed E-state index contributed by atoms with van der Waals surface area (Å²) in [5.41, 5.74) is 0.598. The number of carbonyl (C=O) groups is 1. The van der Waals surface area contributed by atoms with Crippen LogP contribution in [0.5, 0.6) is 0 Å². The Kier molecular flexibility index (Phi) is 3.80. The van der Waals surface area contributed by atoms with Crippen molar-refractivity contribution < 1.29 is 22.0 Å². The molecule has 0 heterocycles. The summed E-state index contributed by atoms with van der Waals surface area (Å²) >= 11 is 0. The Morgan fingerprint density at radius 2 is 1.60 bits per heavy atom. The zero-order chi connectivity index (χ0) is 14.8. The van der Waals surface area contributed by atoms with Crippen LogP contribution in [0.4, 0.5) is 14.5 Å². The molecule has 0 saturated carbocycles. The van der Waals surface area contributed by atoms with Crippen molar-refractivity contribution in [2.75, 3.05) is 4.72 Å². The lowest BCUT2D eigenvalue weighted by atomic mass is 10.2. The predicted octanol–water partition coefficient (Wildman–Crippen LogP) is 2.58. The average Bonchev–Trinajstić information content (AvgIpc) is 2.42. The quantitative estimate of drug-likeness (QED) is 0.882. The summed E-state index contributed by atoms with van der Waals surface area (Å²) in [4.78, 5) is 10.1. The number of hydrogen-bond donors (Lipinski definition) is 1. The molecule has 0 aliphatic carbocycles. The van der Waals surface area contributed by atoms with Crippen LogP contribution in [0.25, 0.3) is 0 Å². The van der Waals surface area contributed by atoms with Gasteiger partial charge in [-0.25, -0.2) is 17.2 Å². The zero-order valence-electron chi connectivity index (χ0n) is 10.0. The van der Waals surface area contributed by atoms with Crippen LogP contribution >= 0.6 is 0 Å². The first-order chi connectivity index (χ1) is 9.42. The minimum Gasteiger partial charge on any atom is -0.298 e. The summed E-state index contributed by atoms with van der Waals surface area (Å²) in [6, 6.07) is 7.92. The highest BCUT2D eigenvalue weighted by atomic mass is 32.2. The van der Waals surface area contributed by atoms with Gasteiger partial charge in [0.05, 0.1) is 4.90 Å². The molecule has 0 spiro atoms. The van der Waals surface area contributed by atoms with Crippen LogP contribution < -0.4 is 4.72 Å². The smallest absolute Gasteiger partial charge is 0.261 e. The lowest BCUT2D eigenvalue weighted by Gasteiger charge is -2.08. The number of carbonyl (C=O) groups excluding carboxylic acids is 1. The molecule has 0 amide bonds. The molecule has 0 unspecified atom stereocenters. The van der Waals surface area contributed by atoms with Crippen molar-refractivity contribution in [1.29, 1.82) is 0 Å². The molecule has 20 heavy (non-hydrogen) atoms. The summed E-state index contributed by atoms with van der Waals surface area (Å²) in [6.07, 6.45) is 0.619. The van der Waals surface area contributed by atoms with E-state index in [-0.39, 0.29) is 5.69 Å². The summed E-state index contributed by atoms with van der Waals surface area (Å²) in [7, 11) is -4.02. The molecule has 0 bridgehead atoms. The Morgan fingerprint density at radius 1 is 0.950 bits per heavy atom. The van der Waals surface area contributed by atoms with E-state index in [4.69, 9.17) is 0 Å². The average molecular weight is 297 g/mol. The number of hydrogen-bond acceptors (Lipinski definition) is 3. The van der Waals surface area contributed by atoms with Crippen LogP contribution in [-0.4, -0.2) is 14.7 Å². The van der Waals surface area contributed by atoms with E-state index in [1.54, 1.807) is 0 Å². The molecule has 0 aromatic heterocycles. The van der Waals surface area contributed by atoms with Crippen LogP contribution in [-0.2, 0) is 10.0 Å². The molecule has 4 nitrogen and oxygen atoms in total. The number of sulfonamides is 1. The molecule has 0 saturated heterocycles. The van der Waals surface area contributed by atoms with Crippen molar-refractivity contribution in [3.05, 3.63) is 59.7 Å². The van der Waals surface area contributed by atoms with Crippen LogP contribution in [0.2, 0.25) is 0 Å². The Morgan fingerprint density at radius 3 is 2.15 bits per heavy atom. The SMILES string of the molecule is O=Cc1ccc(NS(=O)(=O)c2ccc(F)c(F)c2)cc1. The number of aldehydes is 1. The van der Waals surface area contributed by atoms with Gasteiger partial charge in [-0.05, 0) is 42.5 Å². The van der Waals surface area contributed by atoms with E-state index in [0.29, 0.717) is 17.9 Å². The monoisotopic (exact) mass is 297 g/mol. The van der Waals surface area contributed by atoms with Crippen LogP contribution in [0.3, 0.4) is 0 Å². The highest BCUT2D eigenvalue weighted by Crippen LogP contribution is 2.18. The van der Waals surface area contributed by atoms with E-state index < -0.39 is 26.6 Å². The van der Waals surface area contributed by atoms with Gasteiger partial charge in [0.25, 0.3) is 10.0 Å². The van der Waals surface area contributed by atoms with Gasteiger partial charge in [0.1, 0.15) is 6.29 Å². The molecule has 0 aliphatic rings. The Bertz CT molecular complexity index is 743. The summed E-state index contributed by atoms with van der Waals surface area (Å²) in [5, 5.41) is 0. The van der Waals surface area contributed by atoms with E-state index >= 15 is 0 Å². The maximum Gasteiger partial charge on any atom is 0.261 e. The molecule has 2 aromatic carbocycles. The standard InChI is InChI=1S/C13H9F2NO3S/c14-12-6-5-11(7-13(12)15)20(18,19)16-10-3-1-9(8-17)2-4-10/h1-8,16H. The first kappa shape index (κ1) is 14.1. The molecule has 0 aliphatic heterocycles. The molecule has 7 heteroatoms. The van der Waals surface area contributed by atoms with Crippen molar-refractivity contribution in [1.82, 2.24) is 0 Å². The topological polar surface area (TPSA) is 63.2 Å². The van der Waals surface area contributed by atoms with Gasteiger partial charge in [-0.3, -0.25) is 9.52 Å². The number of halogens is 2. The van der Waals surface area contributed by atoms with Gasteiger partial charge in [0, 0.05) is 11.3 Å². The minimum atomic E-state index is -4.02.